The molecule has 1 spiro atoms. The van der Waals surface area contributed by atoms with Crippen LogP contribution >= 0.6 is 0 Å². The molecule has 0 bridgehead atoms. The van der Waals surface area contributed by atoms with Crippen LogP contribution < -0.4 is 5.73 Å². The average molecular weight is 398 g/mol. The smallest absolute Gasteiger partial charge is 0.240 e. The average Bonchev–Trinajstić information content (AvgIpc) is 3.22. The van der Waals surface area contributed by atoms with E-state index in [-0.39, 0.29) is 17.7 Å². The number of piperidine rings is 1. The Morgan fingerprint density at radius 1 is 1.17 bits per heavy atom. The molecule has 0 saturated carbocycles. The van der Waals surface area contributed by atoms with Crippen LogP contribution in [0.25, 0.3) is 11.4 Å². The third-order valence-electron chi connectivity index (χ3n) is 6.10. The molecule has 1 aromatic carbocycles. The van der Waals surface area contributed by atoms with E-state index in [4.69, 9.17) is 15.0 Å². The number of aryl methyl sites for hydroxylation is 1. The Bertz CT molecular complexity index is 855. The largest absolute Gasteiger partial charge is 0.381 e. The van der Waals surface area contributed by atoms with Gasteiger partial charge in [0, 0.05) is 43.6 Å². The predicted molar refractivity (Wildman–Crippen MR) is 104 cm³/mol. The van der Waals surface area contributed by atoms with Crippen molar-refractivity contribution in [2.45, 2.75) is 44.6 Å². The first-order valence-electron chi connectivity index (χ1n) is 10.1. The number of hydrogen-bond acceptors (Lipinski definition) is 6. The fraction of sp³-hybridized carbons (Fsp3) is 0.524. The number of nitrogens with zero attached hydrogens (tertiary/aromatic N) is 3. The van der Waals surface area contributed by atoms with Crippen molar-refractivity contribution in [1.82, 2.24) is 15.0 Å². The molecule has 29 heavy (non-hydrogen) atoms. The van der Waals surface area contributed by atoms with E-state index in [0.29, 0.717) is 37.9 Å². The summed E-state index contributed by atoms with van der Waals surface area (Å²) in [4.78, 5) is 31.4. The maximum absolute atomic E-state index is 13.0. The number of primary amides is 1. The standard InChI is InChI=1S/C21H26N4O4/c22-19(27)18-21(10-13-28-14-11-21)9-4-12-25(18)17(26)8-7-16-23-20(24-29-16)15-5-2-1-3-6-15/h1-3,5-6,18H,4,7-14H2,(H2,22,27). The Labute approximate surface area is 169 Å². The molecule has 2 saturated heterocycles. The summed E-state index contributed by atoms with van der Waals surface area (Å²) in [6.45, 7) is 1.76. The van der Waals surface area contributed by atoms with E-state index in [2.05, 4.69) is 10.1 Å². The van der Waals surface area contributed by atoms with E-state index in [1.54, 1.807) is 4.90 Å². The second kappa shape index (κ2) is 8.32. The van der Waals surface area contributed by atoms with Gasteiger partial charge in [-0.3, -0.25) is 9.59 Å². The first kappa shape index (κ1) is 19.6. The van der Waals surface area contributed by atoms with Gasteiger partial charge in [-0.15, -0.1) is 0 Å². The maximum atomic E-state index is 13.0. The van der Waals surface area contributed by atoms with Crippen molar-refractivity contribution >= 4 is 11.8 Å². The Morgan fingerprint density at radius 2 is 1.93 bits per heavy atom. The number of ether oxygens (including phenoxy) is 1. The third kappa shape index (κ3) is 4.03. The highest BCUT2D eigenvalue weighted by Gasteiger charge is 2.49. The number of benzene rings is 1. The lowest BCUT2D eigenvalue weighted by Crippen LogP contribution is -2.61. The number of likely N-dealkylation sites (tertiary alicyclic amines) is 1. The Morgan fingerprint density at radius 3 is 2.66 bits per heavy atom. The zero-order chi connectivity index (χ0) is 20.3. The molecule has 2 aliphatic rings. The number of amides is 2. The van der Waals surface area contributed by atoms with Crippen LogP contribution in [0.3, 0.4) is 0 Å². The van der Waals surface area contributed by atoms with Gasteiger partial charge in [0.25, 0.3) is 0 Å². The molecular weight excluding hydrogens is 372 g/mol. The summed E-state index contributed by atoms with van der Waals surface area (Å²) in [5.74, 6) is 0.385. The van der Waals surface area contributed by atoms with Crippen molar-refractivity contribution < 1.29 is 18.8 Å². The quantitative estimate of drug-likeness (QED) is 0.824. The summed E-state index contributed by atoms with van der Waals surface area (Å²) < 4.78 is 10.8. The monoisotopic (exact) mass is 398 g/mol. The van der Waals surface area contributed by atoms with Crippen molar-refractivity contribution in [1.29, 1.82) is 0 Å². The minimum absolute atomic E-state index is 0.0983. The number of aromatic nitrogens is 2. The topological polar surface area (TPSA) is 112 Å². The summed E-state index contributed by atoms with van der Waals surface area (Å²) in [6.07, 6.45) is 3.82. The molecule has 2 amide bonds. The SMILES string of the molecule is NC(=O)C1N(C(=O)CCc2nc(-c3ccccc3)no2)CCCC12CCOCC2. The first-order valence-corrected chi connectivity index (χ1v) is 10.1. The Hall–Kier alpha value is -2.74. The van der Waals surface area contributed by atoms with Crippen molar-refractivity contribution in [3.05, 3.63) is 36.2 Å². The number of nitrogens with two attached hydrogens (primary N) is 1. The summed E-state index contributed by atoms with van der Waals surface area (Å²) in [6, 6.07) is 8.96. The molecule has 2 N–H and O–H groups in total. The van der Waals surface area contributed by atoms with Crippen LogP contribution in [0.2, 0.25) is 0 Å². The van der Waals surface area contributed by atoms with Gasteiger partial charge >= 0.3 is 0 Å². The molecule has 0 aliphatic carbocycles. The molecular formula is C21H26N4O4. The highest BCUT2D eigenvalue weighted by molar-refractivity contribution is 5.87. The lowest BCUT2D eigenvalue weighted by atomic mass is 9.67. The van der Waals surface area contributed by atoms with E-state index in [0.717, 1.165) is 31.2 Å². The van der Waals surface area contributed by atoms with Crippen LogP contribution in [-0.2, 0) is 20.7 Å². The van der Waals surface area contributed by atoms with Crippen LogP contribution in [0.15, 0.2) is 34.9 Å². The number of carbonyl (C=O) groups excluding carboxylic acids is 2. The maximum Gasteiger partial charge on any atom is 0.240 e. The Balaban J connectivity index is 1.43. The Kier molecular flexibility index (Phi) is 5.62. The van der Waals surface area contributed by atoms with Gasteiger partial charge in [0.2, 0.25) is 23.5 Å². The molecule has 8 heteroatoms. The second-order valence-electron chi connectivity index (χ2n) is 7.85. The zero-order valence-corrected chi connectivity index (χ0v) is 16.4. The van der Waals surface area contributed by atoms with Gasteiger partial charge < -0.3 is 19.9 Å². The molecule has 0 radical (unpaired) electrons. The van der Waals surface area contributed by atoms with E-state index < -0.39 is 11.9 Å². The normalized spacial score (nSPS) is 21.2. The van der Waals surface area contributed by atoms with Crippen molar-refractivity contribution in [2.75, 3.05) is 19.8 Å². The van der Waals surface area contributed by atoms with Crippen molar-refractivity contribution in [2.24, 2.45) is 11.1 Å². The molecule has 1 atom stereocenters. The van der Waals surface area contributed by atoms with Crippen molar-refractivity contribution in [3.63, 3.8) is 0 Å². The summed E-state index contributed by atoms with van der Waals surface area (Å²) >= 11 is 0. The number of carbonyl (C=O) groups is 2. The van der Waals surface area contributed by atoms with Gasteiger partial charge in [-0.2, -0.15) is 4.98 Å². The van der Waals surface area contributed by atoms with Crippen LogP contribution in [-0.4, -0.2) is 52.7 Å². The molecule has 4 rings (SSSR count). The lowest BCUT2D eigenvalue weighted by molar-refractivity contribution is -0.153. The predicted octanol–water partition coefficient (Wildman–Crippen LogP) is 1.94. The molecule has 1 unspecified atom stereocenters. The summed E-state index contributed by atoms with van der Waals surface area (Å²) in [7, 11) is 0. The van der Waals surface area contributed by atoms with Gasteiger partial charge in [-0.25, -0.2) is 0 Å². The van der Waals surface area contributed by atoms with E-state index >= 15 is 0 Å². The molecule has 2 fully saturated rings. The van der Waals surface area contributed by atoms with E-state index in [9.17, 15) is 9.59 Å². The van der Waals surface area contributed by atoms with Crippen LogP contribution in [0.4, 0.5) is 0 Å². The highest BCUT2D eigenvalue weighted by Crippen LogP contribution is 2.44. The molecule has 8 nitrogen and oxygen atoms in total. The molecule has 2 aromatic rings. The summed E-state index contributed by atoms with van der Waals surface area (Å²) in [5.41, 5.74) is 6.36. The fourth-order valence-corrected chi connectivity index (χ4v) is 4.64. The number of hydrogen-bond donors (Lipinski definition) is 1. The van der Waals surface area contributed by atoms with Crippen molar-refractivity contribution in [3.8, 4) is 11.4 Å². The van der Waals surface area contributed by atoms with Crippen LogP contribution in [0.5, 0.6) is 0 Å². The third-order valence-corrected chi connectivity index (χ3v) is 6.10. The van der Waals surface area contributed by atoms with Gasteiger partial charge in [-0.05, 0) is 25.7 Å². The van der Waals surface area contributed by atoms with Crippen LogP contribution in [0.1, 0.15) is 38.0 Å². The van der Waals surface area contributed by atoms with Gasteiger partial charge in [0.15, 0.2) is 0 Å². The van der Waals surface area contributed by atoms with Gasteiger partial charge in [-0.1, -0.05) is 35.5 Å². The molecule has 3 heterocycles. The van der Waals surface area contributed by atoms with Gasteiger partial charge in [0.05, 0.1) is 0 Å². The number of rotatable bonds is 5. The minimum atomic E-state index is -0.574. The highest BCUT2D eigenvalue weighted by atomic mass is 16.5. The van der Waals surface area contributed by atoms with Gasteiger partial charge in [0.1, 0.15) is 6.04 Å². The lowest BCUT2D eigenvalue weighted by Gasteiger charge is -2.50. The zero-order valence-electron chi connectivity index (χ0n) is 16.4. The fourth-order valence-electron chi connectivity index (χ4n) is 4.64. The summed E-state index contributed by atoms with van der Waals surface area (Å²) in [5, 5.41) is 3.99. The van der Waals surface area contributed by atoms with E-state index in [1.165, 1.54) is 0 Å². The van der Waals surface area contributed by atoms with Crippen LogP contribution in [0, 0.1) is 5.41 Å². The molecule has 2 aliphatic heterocycles. The molecule has 154 valence electrons. The van der Waals surface area contributed by atoms with E-state index in [1.807, 2.05) is 30.3 Å². The first-order chi connectivity index (χ1) is 14.1. The minimum Gasteiger partial charge on any atom is -0.381 e. The molecule has 1 aromatic heterocycles. The second-order valence-corrected chi connectivity index (χ2v) is 7.85.